The predicted molar refractivity (Wildman–Crippen MR) is 80.2 cm³/mol. The van der Waals surface area contributed by atoms with Crippen LogP contribution in [0.15, 0.2) is 0 Å². The molecule has 0 aromatic heterocycles. The summed E-state index contributed by atoms with van der Waals surface area (Å²) in [6, 6.07) is 0. The van der Waals surface area contributed by atoms with E-state index in [1.165, 1.54) is 0 Å². The third-order valence-electron chi connectivity index (χ3n) is 3.42. The van der Waals surface area contributed by atoms with Gasteiger partial charge in [0, 0.05) is 6.42 Å². The summed E-state index contributed by atoms with van der Waals surface area (Å²) in [5.74, 6) is -0.880. The maximum Gasteiger partial charge on any atom is 0.283 e. The van der Waals surface area contributed by atoms with Gasteiger partial charge in [0.15, 0.2) is 0 Å². The highest BCUT2D eigenvalue weighted by molar-refractivity contribution is 4.65. The van der Waals surface area contributed by atoms with Crippen molar-refractivity contribution in [1.82, 2.24) is 0 Å². The molecule has 0 saturated heterocycles. The third-order valence-corrected chi connectivity index (χ3v) is 3.42. The van der Waals surface area contributed by atoms with E-state index in [-0.39, 0.29) is 18.3 Å². The molecule has 0 aromatic rings. The summed E-state index contributed by atoms with van der Waals surface area (Å²) in [6.45, 7) is 14.7. The van der Waals surface area contributed by atoms with Gasteiger partial charge in [0.2, 0.25) is 0 Å². The van der Waals surface area contributed by atoms with Crippen LogP contribution < -0.4 is 0 Å². The molecule has 3 atom stereocenters. The van der Waals surface area contributed by atoms with Crippen molar-refractivity contribution >= 4 is 0 Å². The fourth-order valence-corrected chi connectivity index (χ4v) is 1.74. The quantitative estimate of drug-likeness (QED) is 0.502. The summed E-state index contributed by atoms with van der Waals surface area (Å²) in [6.07, 6.45) is 5.03. The molecule has 116 valence electrons. The van der Waals surface area contributed by atoms with Crippen LogP contribution in [-0.4, -0.2) is 24.3 Å². The molecule has 3 unspecified atom stereocenters. The van der Waals surface area contributed by atoms with E-state index in [9.17, 15) is 0 Å². The monoisotopic (exact) mass is 274 g/mol. The minimum absolute atomic E-state index is 0.139. The Morgan fingerprint density at radius 2 is 1.00 bits per heavy atom. The van der Waals surface area contributed by atoms with Crippen molar-refractivity contribution in [1.29, 1.82) is 0 Å². The summed E-state index contributed by atoms with van der Waals surface area (Å²) < 4.78 is 18.4. The van der Waals surface area contributed by atoms with E-state index in [1.807, 2.05) is 0 Å². The molecule has 3 nitrogen and oxygen atoms in total. The highest BCUT2D eigenvalue weighted by Crippen LogP contribution is 2.29. The van der Waals surface area contributed by atoms with E-state index < -0.39 is 5.97 Å². The molecule has 0 N–H and O–H groups in total. The number of ether oxygens (including phenoxy) is 3. The molecule has 0 heterocycles. The first-order valence-corrected chi connectivity index (χ1v) is 7.96. The molecule has 0 rings (SSSR count). The second-order valence-corrected chi connectivity index (χ2v) is 5.44. The second kappa shape index (κ2) is 9.73. The third kappa shape index (κ3) is 7.28. The molecule has 0 radical (unpaired) electrons. The molecule has 0 aliphatic carbocycles. The first-order chi connectivity index (χ1) is 8.92. The van der Waals surface area contributed by atoms with E-state index >= 15 is 0 Å². The van der Waals surface area contributed by atoms with Gasteiger partial charge in [0.1, 0.15) is 0 Å². The lowest BCUT2D eigenvalue weighted by molar-refractivity contribution is -0.416. The highest BCUT2D eigenvalue weighted by atomic mass is 16.9. The second-order valence-electron chi connectivity index (χ2n) is 5.44. The molecular formula is C16H34O3. The molecule has 0 fully saturated rings. The Balaban J connectivity index is 4.96. The topological polar surface area (TPSA) is 27.7 Å². The van der Waals surface area contributed by atoms with E-state index in [4.69, 9.17) is 14.2 Å². The minimum atomic E-state index is -0.880. The average molecular weight is 274 g/mol. The zero-order valence-corrected chi connectivity index (χ0v) is 14.0. The molecule has 0 bridgehead atoms. The summed E-state index contributed by atoms with van der Waals surface area (Å²) >= 11 is 0. The van der Waals surface area contributed by atoms with Crippen LogP contribution in [0.2, 0.25) is 0 Å². The first kappa shape index (κ1) is 18.9. The molecule has 0 spiro atoms. The number of rotatable bonds is 11. The predicted octanol–water partition coefficient (Wildman–Crippen LogP) is 4.89. The zero-order chi connectivity index (χ0) is 14.9. The van der Waals surface area contributed by atoms with E-state index in [0.29, 0.717) is 0 Å². The van der Waals surface area contributed by atoms with Gasteiger partial charge in [-0.3, -0.25) is 0 Å². The van der Waals surface area contributed by atoms with Crippen LogP contribution in [0.25, 0.3) is 0 Å². The van der Waals surface area contributed by atoms with Gasteiger partial charge in [-0.1, -0.05) is 27.7 Å². The maximum atomic E-state index is 6.13. The standard InChI is InChI=1S/C16H34O3/c1-8-12-16(17-13(5)9-2,18-14(6)10-3)19-15(7)11-4/h13-15H,8-12H2,1-7H3. The van der Waals surface area contributed by atoms with Crippen molar-refractivity contribution in [2.75, 3.05) is 0 Å². The maximum absolute atomic E-state index is 6.13. The lowest BCUT2D eigenvalue weighted by Gasteiger charge is -2.39. The van der Waals surface area contributed by atoms with Crippen molar-refractivity contribution in [2.24, 2.45) is 0 Å². The van der Waals surface area contributed by atoms with Crippen LogP contribution in [0.1, 0.15) is 80.6 Å². The van der Waals surface area contributed by atoms with Crippen LogP contribution in [0.5, 0.6) is 0 Å². The van der Waals surface area contributed by atoms with Gasteiger partial charge in [0.05, 0.1) is 18.3 Å². The summed E-state index contributed by atoms with van der Waals surface area (Å²) in [5, 5.41) is 0. The van der Waals surface area contributed by atoms with Gasteiger partial charge in [-0.15, -0.1) is 0 Å². The van der Waals surface area contributed by atoms with E-state index in [0.717, 1.165) is 32.1 Å². The molecule has 0 aromatic carbocycles. The lowest BCUT2D eigenvalue weighted by atomic mass is 10.2. The van der Waals surface area contributed by atoms with Gasteiger partial charge in [0.25, 0.3) is 5.97 Å². The van der Waals surface area contributed by atoms with Gasteiger partial charge in [-0.05, 0) is 46.5 Å². The minimum Gasteiger partial charge on any atom is -0.324 e. The van der Waals surface area contributed by atoms with E-state index in [1.54, 1.807) is 0 Å². The molecule has 0 saturated carbocycles. The van der Waals surface area contributed by atoms with Gasteiger partial charge < -0.3 is 14.2 Å². The Labute approximate surface area is 120 Å². The van der Waals surface area contributed by atoms with Crippen LogP contribution in [-0.2, 0) is 14.2 Å². The van der Waals surface area contributed by atoms with Gasteiger partial charge in [-0.25, -0.2) is 0 Å². The molecule has 0 amide bonds. The molecular weight excluding hydrogens is 240 g/mol. The van der Waals surface area contributed by atoms with Gasteiger partial charge in [-0.2, -0.15) is 0 Å². The Kier molecular flexibility index (Phi) is 9.67. The largest absolute Gasteiger partial charge is 0.324 e. The van der Waals surface area contributed by atoms with Crippen LogP contribution in [0, 0.1) is 0 Å². The normalized spacial score (nSPS) is 19.7. The summed E-state index contributed by atoms with van der Waals surface area (Å²) in [5.41, 5.74) is 0. The van der Waals surface area contributed by atoms with Crippen LogP contribution in [0.4, 0.5) is 0 Å². The highest BCUT2D eigenvalue weighted by Gasteiger charge is 2.37. The van der Waals surface area contributed by atoms with Crippen molar-refractivity contribution in [3.63, 3.8) is 0 Å². The number of hydrogen-bond acceptors (Lipinski definition) is 3. The Morgan fingerprint density at radius 3 is 1.21 bits per heavy atom. The van der Waals surface area contributed by atoms with Crippen molar-refractivity contribution < 1.29 is 14.2 Å². The smallest absolute Gasteiger partial charge is 0.283 e. The van der Waals surface area contributed by atoms with Crippen LogP contribution >= 0.6 is 0 Å². The molecule has 0 aliphatic rings. The summed E-state index contributed by atoms with van der Waals surface area (Å²) in [4.78, 5) is 0. The van der Waals surface area contributed by atoms with Gasteiger partial charge >= 0.3 is 0 Å². The Hall–Kier alpha value is -0.120. The number of hydrogen-bond donors (Lipinski definition) is 0. The average Bonchev–Trinajstić information content (AvgIpc) is 2.38. The molecule has 0 aliphatic heterocycles. The van der Waals surface area contributed by atoms with Crippen LogP contribution in [0.3, 0.4) is 0 Å². The SMILES string of the molecule is CCCC(OC(C)CC)(OC(C)CC)OC(C)CC. The van der Waals surface area contributed by atoms with E-state index in [2.05, 4.69) is 48.5 Å². The fourth-order valence-electron chi connectivity index (χ4n) is 1.74. The molecule has 3 heteroatoms. The Bertz CT molecular complexity index is 187. The zero-order valence-electron chi connectivity index (χ0n) is 14.0. The molecule has 19 heavy (non-hydrogen) atoms. The fraction of sp³-hybridized carbons (Fsp3) is 1.00. The van der Waals surface area contributed by atoms with Crippen molar-refractivity contribution in [3.05, 3.63) is 0 Å². The lowest BCUT2D eigenvalue weighted by Crippen LogP contribution is -2.45. The summed E-state index contributed by atoms with van der Waals surface area (Å²) in [7, 11) is 0. The van der Waals surface area contributed by atoms with Crippen molar-refractivity contribution in [3.8, 4) is 0 Å². The van der Waals surface area contributed by atoms with Crippen molar-refractivity contribution in [2.45, 2.75) is 105 Å². The Morgan fingerprint density at radius 1 is 0.684 bits per heavy atom. The first-order valence-electron chi connectivity index (χ1n) is 7.96.